The summed E-state index contributed by atoms with van der Waals surface area (Å²) in [5.41, 5.74) is 0.724. The van der Waals surface area contributed by atoms with E-state index in [0.717, 1.165) is 0 Å². The average molecular weight is 182 g/mol. The van der Waals surface area contributed by atoms with Gasteiger partial charge in [0.15, 0.2) is 0 Å². The van der Waals surface area contributed by atoms with Crippen molar-refractivity contribution in [2.45, 2.75) is 53.1 Å². The van der Waals surface area contributed by atoms with Crippen LogP contribution in [0.5, 0.6) is 0 Å². The first-order chi connectivity index (χ1) is 5.73. The molecule has 0 aromatic carbocycles. The van der Waals surface area contributed by atoms with Crippen LogP contribution in [0.15, 0.2) is 11.6 Å². The predicted octanol–water partition coefficient (Wildman–Crippen LogP) is 3.14. The summed E-state index contributed by atoms with van der Waals surface area (Å²) in [6.07, 6.45) is 4.68. The van der Waals surface area contributed by atoms with E-state index < -0.39 is 5.60 Å². The molecule has 0 aromatic rings. The molecule has 0 saturated carbocycles. The van der Waals surface area contributed by atoms with Crippen LogP contribution in [0.25, 0.3) is 0 Å². The van der Waals surface area contributed by atoms with Crippen molar-refractivity contribution in [3.8, 4) is 0 Å². The van der Waals surface area contributed by atoms with Crippen molar-refractivity contribution in [3.63, 3.8) is 0 Å². The molecule has 0 aliphatic heterocycles. The molecule has 1 rings (SSSR count). The van der Waals surface area contributed by atoms with E-state index in [1.165, 1.54) is 18.4 Å². The lowest BCUT2D eigenvalue weighted by atomic mass is 9.68. The summed E-state index contributed by atoms with van der Waals surface area (Å²) in [5.74, 6) is 0.620. The Hall–Kier alpha value is -0.300. The van der Waals surface area contributed by atoms with Gasteiger partial charge in [-0.2, -0.15) is 0 Å². The Bertz CT molecular complexity index is 218. The summed E-state index contributed by atoms with van der Waals surface area (Å²) < 4.78 is 0. The third-order valence-corrected chi connectivity index (χ3v) is 3.06. The SMILES string of the molecule is CC1C=C(C(C)(C)O)C(C)(C)CC1. The molecule has 0 heterocycles. The monoisotopic (exact) mass is 182 g/mol. The van der Waals surface area contributed by atoms with E-state index in [1.807, 2.05) is 13.8 Å². The number of hydrogen-bond donors (Lipinski definition) is 1. The molecule has 76 valence electrons. The van der Waals surface area contributed by atoms with Gasteiger partial charge >= 0.3 is 0 Å². The van der Waals surface area contributed by atoms with E-state index in [0.29, 0.717) is 5.92 Å². The number of allylic oxidation sites excluding steroid dienone is 1. The van der Waals surface area contributed by atoms with Crippen molar-refractivity contribution < 1.29 is 5.11 Å². The zero-order valence-corrected chi connectivity index (χ0v) is 9.52. The number of hydrogen-bond acceptors (Lipinski definition) is 1. The smallest absolute Gasteiger partial charge is 0.0806 e. The maximum Gasteiger partial charge on any atom is 0.0806 e. The molecule has 1 heteroatoms. The second-order valence-corrected chi connectivity index (χ2v) is 5.54. The molecule has 0 aromatic heterocycles. The van der Waals surface area contributed by atoms with E-state index in [1.54, 1.807) is 0 Å². The van der Waals surface area contributed by atoms with Gasteiger partial charge in [-0.15, -0.1) is 0 Å². The van der Waals surface area contributed by atoms with Crippen LogP contribution in [-0.2, 0) is 0 Å². The predicted molar refractivity (Wildman–Crippen MR) is 56.6 cm³/mol. The van der Waals surface area contributed by atoms with Gasteiger partial charge in [0.1, 0.15) is 0 Å². The van der Waals surface area contributed by atoms with Crippen molar-refractivity contribution in [2.75, 3.05) is 0 Å². The molecular formula is C12H22O. The number of rotatable bonds is 1. The van der Waals surface area contributed by atoms with E-state index in [2.05, 4.69) is 26.8 Å². The van der Waals surface area contributed by atoms with Gasteiger partial charge in [-0.05, 0) is 43.6 Å². The number of aliphatic hydroxyl groups is 1. The Kier molecular flexibility index (Phi) is 2.59. The van der Waals surface area contributed by atoms with Gasteiger partial charge in [0.05, 0.1) is 5.60 Å². The first kappa shape index (κ1) is 10.8. The van der Waals surface area contributed by atoms with E-state index in [4.69, 9.17) is 0 Å². The van der Waals surface area contributed by atoms with E-state index in [9.17, 15) is 5.11 Å². The Balaban J connectivity index is 3.02. The Morgan fingerprint density at radius 1 is 1.46 bits per heavy atom. The van der Waals surface area contributed by atoms with Gasteiger partial charge in [-0.1, -0.05) is 26.8 Å². The lowest BCUT2D eigenvalue weighted by molar-refractivity contribution is 0.0866. The molecule has 1 unspecified atom stereocenters. The molecule has 1 atom stereocenters. The van der Waals surface area contributed by atoms with Crippen LogP contribution >= 0.6 is 0 Å². The Morgan fingerprint density at radius 3 is 2.38 bits per heavy atom. The van der Waals surface area contributed by atoms with Crippen LogP contribution in [0.2, 0.25) is 0 Å². The van der Waals surface area contributed by atoms with Crippen molar-refractivity contribution in [3.05, 3.63) is 11.6 Å². The highest BCUT2D eigenvalue weighted by molar-refractivity contribution is 5.24. The molecule has 1 nitrogen and oxygen atoms in total. The fourth-order valence-electron chi connectivity index (χ4n) is 2.35. The van der Waals surface area contributed by atoms with Gasteiger partial charge in [-0.25, -0.2) is 0 Å². The van der Waals surface area contributed by atoms with E-state index >= 15 is 0 Å². The molecule has 0 amide bonds. The van der Waals surface area contributed by atoms with Crippen molar-refractivity contribution in [1.82, 2.24) is 0 Å². The van der Waals surface area contributed by atoms with Gasteiger partial charge in [0.25, 0.3) is 0 Å². The molecular weight excluding hydrogens is 160 g/mol. The minimum Gasteiger partial charge on any atom is -0.386 e. The zero-order chi connectivity index (χ0) is 10.3. The largest absolute Gasteiger partial charge is 0.386 e. The molecule has 1 aliphatic carbocycles. The van der Waals surface area contributed by atoms with Crippen molar-refractivity contribution >= 4 is 0 Å². The molecule has 1 N–H and O–H groups in total. The van der Waals surface area contributed by atoms with Crippen LogP contribution in [0.3, 0.4) is 0 Å². The van der Waals surface area contributed by atoms with Crippen LogP contribution < -0.4 is 0 Å². The topological polar surface area (TPSA) is 20.2 Å². The minimum absolute atomic E-state index is 0.171. The third-order valence-electron chi connectivity index (χ3n) is 3.06. The van der Waals surface area contributed by atoms with E-state index in [-0.39, 0.29) is 5.41 Å². The summed E-state index contributed by atoms with van der Waals surface area (Å²) in [4.78, 5) is 0. The lowest BCUT2D eigenvalue weighted by Crippen LogP contribution is -2.35. The lowest BCUT2D eigenvalue weighted by Gasteiger charge is -2.40. The van der Waals surface area contributed by atoms with Crippen LogP contribution in [-0.4, -0.2) is 10.7 Å². The summed E-state index contributed by atoms with van der Waals surface area (Å²) >= 11 is 0. The molecule has 0 radical (unpaired) electrons. The normalized spacial score (nSPS) is 28.5. The first-order valence-corrected chi connectivity index (χ1v) is 5.18. The van der Waals surface area contributed by atoms with Gasteiger partial charge < -0.3 is 5.11 Å². The quantitative estimate of drug-likeness (QED) is 0.618. The highest BCUT2D eigenvalue weighted by Gasteiger charge is 2.35. The maximum atomic E-state index is 10.0. The molecule has 13 heavy (non-hydrogen) atoms. The fourth-order valence-corrected chi connectivity index (χ4v) is 2.35. The zero-order valence-electron chi connectivity index (χ0n) is 9.52. The molecule has 1 aliphatic rings. The summed E-state index contributed by atoms with van der Waals surface area (Å²) in [6.45, 7) is 10.4. The Morgan fingerprint density at radius 2 is 2.00 bits per heavy atom. The second kappa shape index (κ2) is 3.13. The standard InChI is InChI=1S/C12H22O/c1-9-6-7-11(2,3)10(8-9)12(4,5)13/h8-9,13H,6-7H2,1-5H3. The average Bonchev–Trinajstić information content (AvgIpc) is 1.92. The van der Waals surface area contributed by atoms with Gasteiger partial charge in [-0.3, -0.25) is 0 Å². The molecule has 0 spiro atoms. The Labute approximate surface area is 81.9 Å². The third kappa shape index (κ3) is 2.34. The summed E-state index contributed by atoms with van der Waals surface area (Å²) in [7, 11) is 0. The fraction of sp³-hybridized carbons (Fsp3) is 0.833. The molecule has 0 bridgehead atoms. The summed E-state index contributed by atoms with van der Waals surface area (Å²) in [6, 6.07) is 0. The van der Waals surface area contributed by atoms with Crippen LogP contribution in [0.1, 0.15) is 47.5 Å². The maximum absolute atomic E-state index is 10.0. The highest BCUT2D eigenvalue weighted by Crippen LogP contribution is 2.43. The second-order valence-electron chi connectivity index (χ2n) is 5.54. The van der Waals surface area contributed by atoms with Crippen LogP contribution in [0, 0.1) is 11.3 Å². The first-order valence-electron chi connectivity index (χ1n) is 5.18. The van der Waals surface area contributed by atoms with Crippen molar-refractivity contribution in [2.24, 2.45) is 11.3 Å². The van der Waals surface area contributed by atoms with Crippen LogP contribution in [0.4, 0.5) is 0 Å². The van der Waals surface area contributed by atoms with Crippen molar-refractivity contribution in [1.29, 1.82) is 0 Å². The highest BCUT2D eigenvalue weighted by atomic mass is 16.3. The minimum atomic E-state index is -0.655. The summed E-state index contributed by atoms with van der Waals surface area (Å²) in [5, 5.41) is 10.0. The molecule has 0 fully saturated rings. The van der Waals surface area contributed by atoms with Gasteiger partial charge in [0.2, 0.25) is 0 Å². The van der Waals surface area contributed by atoms with Gasteiger partial charge in [0, 0.05) is 0 Å². The molecule has 0 saturated heterocycles.